The molecule has 0 spiro atoms. The molecule has 3 N–H and O–H groups in total. The molecule has 0 aliphatic carbocycles. The molecule has 0 fully saturated rings. The Kier molecular flexibility index (Phi) is 4.65. The second-order valence-corrected chi connectivity index (χ2v) is 4.40. The van der Waals surface area contributed by atoms with Gasteiger partial charge in [0.15, 0.2) is 0 Å². The first-order valence-electron chi connectivity index (χ1n) is 6.18. The van der Waals surface area contributed by atoms with E-state index in [4.69, 9.17) is 10.6 Å². The number of hydrogen-bond donors (Lipinski definition) is 2. The lowest BCUT2D eigenvalue weighted by Crippen LogP contribution is -2.30. The van der Waals surface area contributed by atoms with Gasteiger partial charge in [-0.15, -0.1) is 0 Å². The van der Waals surface area contributed by atoms with Crippen LogP contribution in [0.1, 0.15) is 17.2 Å². The highest BCUT2D eigenvalue weighted by molar-refractivity contribution is 5.32. The highest BCUT2D eigenvalue weighted by Crippen LogP contribution is 2.24. The Labute approximate surface area is 116 Å². The van der Waals surface area contributed by atoms with E-state index in [9.17, 15) is 8.78 Å². The summed E-state index contributed by atoms with van der Waals surface area (Å²) in [5.74, 6) is 5.02. The molecular weight excluding hydrogens is 262 g/mol. The van der Waals surface area contributed by atoms with Gasteiger partial charge in [0, 0.05) is 5.56 Å². The van der Waals surface area contributed by atoms with Crippen molar-refractivity contribution in [2.24, 2.45) is 5.84 Å². The molecule has 0 heterocycles. The van der Waals surface area contributed by atoms with Crippen molar-refractivity contribution in [3.8, 4) is 5.75 Å². The molecule has 3 nitrogen and oxygen atoms in total. The molecule has 2 aromatic rings. The molecule has 2 rings (SSSR count). The van der Waals surface area contributed by atoms with Gasteiger partial charge >= 0.3 is 0 Å². The number of methoxy groups -OCH3 is 1. The highest BCUT2D eigenvalue weighted by Gasteiger charge is 2.16. The number of ether oxygens (including phenoxy) is 1. The van der Waals surface area contributed by atoms with Gasteiger partial charge in [-0.2, -0.15) is 0 Å². The summed E-state index contributed by atoms with van der Waals surface area (Å²) >= 11 is 0. The fourth-order valence-corrected chi connectivity index (χ4v) is 2.06. The van der Waals surface area contributed by atoms with Crippen molar-refractivity contribution >= 4 is 0 Å². The number of nitrogens with one attached hydrogen (secondary N) is 1. The summed E-state index contributed by atoms with van der Waals surface area (Å²) in [6.07, 6.45) is 0.113. The van der Waals surface area contributed by atoms with Gasteiger partial charge in [0.05, 0.1) is 13.2 Å². The lowest BCUT2D eigenvalue weighted by molar-refractivity contribution is 0.412. The van der Waals surface area contributed by atoms with Crippen molar-refractivity contribution in [1.82, 2.24) is 5.43 Å². The Morgan fingerprint density at radius 3 is 2.40 bits per heavy atom. The van der Waals surface area contributed by atoms with Gasteiger partial charge in [0.25, 0.3) is 0 Å². The lowest BCUT2D eigenvalue weighted by Gasteiger charge is -2.18. The zero-order valence-corrected chi connectivity index (χ0v) is 11.1. The van der Waals surface area contributed by atoms with Gasteiger partial charge in [-0.1, -0.05) is 18.2 Å². The largest absolute Gasteiger partial charge is 0.497 e. The minimum atomic E-state index is -0.576. The van der Waals surface area contributed by atoms with Crippen LogP contribution in [0.2, 0.25) is 0 Å². The van der Waals surface area contributed by atoms with E-state index in [1.807, 2.05) is 6.07 Å². The van der Waals surface area contributed by atoms with Gasteiger partial charge in [0.1, 0.15) is 17.4 Å². The molecule has 0 aromatic heterocycles. The van der Waals surface area contributed by atoms with Crippen molar-refractivity contribution in [3.63, 3.8) is 0 Å². The fraction of sp³-hybridized carbons (Fsp3) is 0.200. The van der Waals surface area contributed by atoms with Crippen LogP contribution >= 0.6 is 0 Å². The van der Waals surface area contributed by atoms with Crippen molar-refractivity contribution in [2.45, 2.75) is 12.5 Å². The lowest BCUT2D eigenvalue weighted by atomic mass is 9.98. The average molecular weight is 278 g/mol. The standard InChI is InChI=1S/C15H16F2N2O/c1-20-11-5-2-4-10(8-11)15(19-18)9-12-13(16)6-3-7-14(12)17/h2-8,15,19H,9,18H2,1H3. The minimum Gasteiger partial charge on any atom is -0.497 e. The van der Waals surface area contributed by atoms with E-state index >= 15 is 0 Å². The van der Waals surface area contributed by atoms with Gasteiger partial charge < -0.3 is 4.74 Å². The van der Waals surface area contributed by atoms with Crippen LogP contribution in [0.25, 0.3) is 0 Å². The van der Waals surface area contributed by atoms with Crippen LogP contribution in [0.15, 0.2) is 42.5 Å². The predicted molar refractivity (Wildman–Crippen MR) is 73.1 cm³/mol. The van der Waals surface area contributed by atoms with Crippen LogP contribution in [0.4, 0.5) is 8.78 Å². The van der Waals surface area contributed by atoms with Crippen LogP contribution in [-0.4, -0.2) is 7.11 Å². The van der Waals surface area contributed by atoms with E-state index in [-0.39, 0.29) is 12.0 Å². The molecule has 1 unspecified atom stereocenters. The molecule has 0 aliphatic rings. The second-order valence-electron chi connectivity index (χ2n) is 4.40. The summed E-state index contributed by atoms with van der Waals surface area (Å²) < 4.78 is 32.5. The molecule has 5 heteroatoms. The van der Waals surface area contributed by atoms with E-state index < -0.39 is 17.7 Å². The molecule has 2 aromatic carbocycles. The van der Waals surface area contributed by atoms with E-state index in [1.54, 1.807) is 25.3 Å². The molecule has 0 saturated heterocycles. The Morgan fingerprint density at radius 2 is 1.80 bits per heavy atom. The first kappa shape index (κ1) is 14.4. The Morgan fingerprint density at radius 1 is 1.15 bits per heavy atom. The third kappa shape index (κ3) is 3.12. The molecule has 0 bridgehead atoms. The van der Waals surface area contributed by atoms with E-state index in [1.165, 1.54) is 18.2 Å². The summed E-state index contributed by atoms with van der Waals surface area (Å²) in [7, 11) is 1.56. The maximum atomic E-state index is 13.7. The summed E-state index contributed by atoms with van der Waals surface area (Å²) in [6, 6.07) is 10.6. The summed E-state index contributed by atoms with van der Waals surface area (Å²) in [4.78, 5) is 0. The number of hydrogen-bond acceptors (Lipinski definition) is 3. The Balaban J connectivity index is 2.29. The predicted octanol–water partition coefficient (Wildman–Crippen LogP) is 2.72. The minimum absolute atomic E-state index is 0.0123. The number of nitrogens with two attached hydrogens (primary N) is 1. The number of rotatable bonds is 5. The van der Waals surface area contributed by atoms with Crippen LogP contribution in [0.5, 0.6) is 5.75 Å². The fourth-order valence-electron chi connectivity index (χ4n) is 2.06. The summed E-state index contributed by atoms with van der Waals surface area (Å²) in [5.41, 5.74) is 3.40. The number of halogens is 2. The van der Waals surface area contributed by atoms with Crippen LogP contribution in [0.3, 0.4) is 0 Å². The third-order valence-corrected chi connectivity index (χ3v) is 3.17. The first-order chi connectivity index (χ1) is 9.65. The normalized spacial score (nSPS) is 12.2. The number of benzene rings is 2. The summed E-state index contributed by atoms with van der Waals surface area (Å²) in [6.45, 7) is 0. The molecule has 1 atom stereocenters. The third-order valence-electron chi connectivity index (χ3n) is 3.17. The van der Waals surface area contributed by atoms with Crippen LogP contribution < -0.4 is 16.0 Å². The van der Waals surface area contributed by atoms with E-state index in [0.717, 1.165) is 5.56 Å². The van der Waals surface area contributed by atoms with Crippen molar-refractivity contribution in [1.29, 1.82) is 0 Å². The maximum Gasteiger partial charge on any atom is 0.129 e. The highest BCUT2D eigenvalue weighted by atomic mass is 19.1. The molecule has 106 valence electrons. The second kappa shape index (κ2) is 6.45. The number of hydrazine groups is 1. The topological polar surface area (TPSA) is 47.3 Å². The molecule has 0 amide bonds. The maximum absolute atomic E-state index is 13.7. The summed E-state index contributed by atoms with van der Waals surface area (Å²) in [5, 5.41) is 0. The first-order valence-corrected chi connectivity index (χ1v) is 6.18. The van der Waals surface area contributed by atoms with Crippen LogP contribution in [-0.2, 0) is 6.42 Å². The molecule has 20 heavy (non-hydrogen) atoms. The SMILES string of the molecule is COc1cccc(C(Cc2c(F)cccc2F)NN)c1. The van der Waals surface area contributed by atoms with Crippen molar-refractivity contribution in [3.05, 3.63) is 65.2 Å². The molecule has 0 radical (unpaired) electrons. The smallest absolute Gasteiger partial charge is 0.129 e. The van der Waals surface area contributed by atoms with Crippen LogP contribution in [0, 0.1) is 11.6 Å². The zero-order valence-electron chi connectivity index (χ0n) is 11.1. The quantitative estimate of drug-likeness (QED) is 0.653. The van der Waals surface area contributed by atoms with Gasteiger partial charge in [-0.25, -0.2) is 8.78 Å². The van der Waals surface area contributed by atoms with Gasteiger partial charge in [-0.3, -0.25) is 11.3 Å². The zero-order chi connectivity index (χ0) is 14.5. The molecule has 0 aliphatic heterocycles. The van der Waals surface area contributed by atoms with E-state index in [2.05, 4.69) is 5.43 Å². The molecule has 0 saturated carbocycles. The average Bonchev–Trinajstić information content (AvgIpc) is 2.47. The van der Waals surface area contributed by atoms with Gasteiger partial charge in [0.2, 0.25) is 0 Å². The Hall–Kier alpha value is -1.98. The molecular formula is C15H16F2N2O. The van der Waals surface area contributed by atoms with Gasteiger partial charge in [-0.05, 0) is 36.2 Å². The van der Waals surface area contributed by atoms with Crippen molar-refractivity contribution < 1.29 is 13.5 Å². The Bertz CT molecular complexity index is 570. The van der Waals surface area contributed by atoms with E-state index in [0.29, 0.717) is 5.75 Å². The van der Waals surface area contributed by atoms with Crippen molar-refractivity contribution in [2.75, 3.05) is 7.11 Å². The monoisotopic (exact) mass is 278 g/mol.